The van der Waals surface area contributed by atoms with Crippen LogP contribution in [0.2, 0.25) is 0 Å². The van der Waals surface area contributed by atoms with Crippen LogP contribution in [0.5, 0.6) is 5.88 Å². The van der Waals surface area contributed by atoms with Crippen molar-refractivity contribution in [3.05, 3.63) is 48.4 Å². The number of piperazine rings is 1. The van der Waals surface area contributed by atoms with Crippen LogP contribution in [0.3, 0.4) is 0 Å². The monoisotopic (exact) mass is 327 g/mol. The number of carbonyl (C=O) groups is 1. The van der Waals surface area contributed by atoms with Crippen LogP contribution >= 0.6 is 0 Å². The Hall–Kier alpha value is -2.83. The van der Waals surface area contributed by atoms with Gasteiger partial charge in [-0.15, -0.1) is 0 Å². The average Bonchev–Trinajstić information content (AvgIpc) is 2.67. The largest absolute Gasteiger partial charge is 0.481 e. The molecule has 0 spiro atoms. The number of carbonyl (C=O) groups excluding carboxylic acids is 1. The molecule has 0 atom stereocenters. The minimum Gasteiger partial charge on any atom is -0.481 e. The molecule has 2 amide bonds. The summed E-state index contributed by atoms with van der Waals surface area (Å²) in [6.07, 6.45) is 5.29. The molecule has 0 aliphatic carbocycles. The maximum Gasteiger partial charge on any atom is 0.317 e. The summed E-state index contributed by atoms with van der Waals surface area (Å²) < 4.78 is 5.02. The van der Waals surface area contributed by atoms with Crippen molar-refractivity contribution in [1.82, 2.24) is 20.2 Å². The summed E-state index contributed by atoms with van der Waals surface area (Å²) in [6.45, 7) is 3.51. The number of pyridine rings is 2. The summed E-state index contributed by atoms with van der Waals surface area (Å²) in [6, 6.07) is 7.63. The predicted octanol–water partition coefficient (Wildman–Crippen LogP) is 1.52. The number of anilines is 1. The lowest BCUT2D eigenvalue weighted by atomic mass is 10.2. The summed E-state index contributed by atoms with van der Waals surface area (Å²) in [5, 5.41) is 2.94. The summed E-state index contributed by atoms with van der Waals surface area (Å²) in [5.41, 5.74) is 2.09. The lowest BCUT2D eigenvalue weighted by Crippen LogP contribution is -2.51. The van der Waals surface area contributed by atoms with Crippen molar-refractivity contribution < 1.29 is 9.53 Å². The third kappa shape index (κ3) is 3.92. The van der Waals surface area contributed by atoms with Crippen molar-refractivity contribution in [2.24, 2.45) is 0 Å². The molecule has 1 saturated heterocycles. The van der Waals surface area contributed by atoms with E-state index in [1.165, 1.54) is 0 Å². The molecule has 0 radical (unpaired) electrons. The highest BCUT2D eigenvalue weighted by molar-refractivity contribution is 5.74. The van der Waals surface area contributed by atoms with Gasteiger partial charge in [-0.25, -0.2) is 9.78 Å². The normalized spacial score (nSPS) is 14.4. The minimum absolute atomic E-state index is 0.0415. The number of nitrogens with one attached hydrogen (secondary N) is 1. The van der Waals surface area contributed by atoms with Crippen LogP contribution in [0.25, 0.3) is 0 Å². The second-order valence-corrected chi connectivity index (χ2v) is 5.55. The molecule has 0 aromatic carbocycles. The molecule has 2 aromatic rings. The highest BCUT2D eigenvalue weighted by Gasteiger charge is 2.20. The summed E-state index contributed by atoms with van der Waals surface area (Å²) in [7, 11) is 1.58. The van der Waals surface area contributed by atoms with Gasteiger partial charge in [0.1, 0.15) is 0 Å². The van der Waals surface area contributed by atoms with Crippen LogP contribution in [0.4, 0.5) is 10.5 Å². The number of methoxy groups -OCH3 is 1. The number of hydrogen-bond acceptors (Lipinski definition) is 5. The van der Waals surface area contributed by atoms with E-state index >= 15 is 0 Å². The van der Waals surface area contributed by atoms with E-state index in [1.807, 2.05) is 23.1 Å². The fourth-order valence-corrected chi connectivity index (χ4v) is 2.65. The second-order valence-electron chi connectivity index (χ2n) is 5.55. The summed E-state index contributed by atoms with van der Waals surface area (Å²) in [5.74, 6) is 0.567. The molecule has 1 fully saturated rings. The first-order chi connectivity index (χ1) is 11.8. The molecule has 3 rings (SSSR count). The van der Waals surface area contributed by atoms with Crippen molar-refractivity contribution in [1.29, 1.82) is 0 Å². The lowest BCUT2D eigenvalue weighted by Gasteiger charge is -2.36. The molecule has 126 valence electrons. The topological polar surface area (TPSA) is 70.6 Å². The number of aromatic nitrogens is 2. The fraction of sp³-hybridized carbons (Fsp3) is 0.353. The Morgan fingerprint density at radius 1 is 1.17 bits per heavy atom. The number of ether oxygens (including phenoxy) is 1. The van der Waals surface area contributed by atoms with Gasteiger partial charge in [0.25, 0.3) is 0 Å². The third-order valence-corrected chi connectivity index (χ3v) is 4.05. The first-order valence-corrected chi connectivity index (χ1v) is 7.93. The van der Waals surface area contributed by atoms with Crippen molar-refractivity contribution >= 4 is 11.7 Å². The lowest BCUT2D eigenvalue weighted by molar-refractivity contribution is 0.194. The van der Waals surface area contributed by atoms with Gasteiger partial charge in [0.05, 0.1) is 7.11 Å². The maximum atomic E-state index is 12.3. The predicted molar refractivity (Wildman–Crippen MR) is 91.0 cm³/mol. The molecular formula is C17H21N5O2. The van der Waals surface area contributed by atoms with E-state index in [2.05, 4.69) is 20.2 Å². The molecule has 7 nitrogen and oxygen atoms in total. The summed E-state index contributed by atoms with van der Waals surface area (Å²) >= 11 is 0. The number of nitrogens with zero attached hydrogens (tertiary/aromatic N) is 4. The van der Waals surface area contributed by atoms with Crippen LogP contribution in [0.15, 0.2) is 42.9 Å². The van der Waals surface area contributed by atoms with E-state index in [9.17, 15) is 4.79 Å². The van der Waals surface area contributed by atoms with Crippen molar-refractivity contribution in [3.8, 4) is 5.88 Å². The van der Waals surface area contributed by atoms with Crippen LogP contribution in [-0.2, 0) is 6.54 Å². The van der Waals surface area contributed by atoms with E-state index in [4.69, 9.17) is 4.74 Å². The average molecular weight is 327 g/mol. The van der Waals surface area contributed by atoms with Crippen LogP contribution < -0.4 is 15.0 Å². The van der Waals surface area contributed by atoms with Crippen LogP contribution in [-0.4, -0.2) is 54.2 Å². The van der Waals surface area contributed by atoms with E-state index in [0.29, 0.717) is 25.5 Å². The van der Waals surface area contributed by atoms with Gasteiger partial charge in [-0.3, -0.25) is 4.98 Å². The number of amides is 2. The number of hydrogen-bond donors (Lipinski definition) is 1. The quantitative estimate of drug-likeness (QED) is 0.922. The molecule has 0 saturated carbocycles. The summed E-state index contributed by atoms with van der Waals surface area (Å²) in [4.78, 5) is 24.5. The molecule has 1 N–H and O–H groups in total. The van der Waals surface area contributed by atoms with Gasteiger partial charge in [0.15, 0.2) is 0 Å². The Morgan fingerprint density at radius 2 is 1.92 bits per heavy atom. The van der Waals surface area contributed by atoms with Gasteiger partial charge in [-0.2, -0.15) is 0 Å². The molecule has 1 aliphatic rings. The maximum absolute atomic E-state index is 12.3. The minimum atomic E-state index is -0.0415. The molecular weight excluding hydrogens is 306 g/mol. The van der Waals surface area contributed by atoms with Crippen molar-refractivity contribution in [3.63, 3.8) is 0 Å². The zero-order valence-corrected chi connectivity index (χ0v) is 13.7. The number of rotatable bonds is 4. The van der Waals surface area contributed by atoms with Gasteiger partial charge in [0.2, 0.25) is 5.88 Å². The first-order valence-electron chi connectivity index (χ1n) is 7.93. The van der Waals surface area contributed by atoms with E-state index in [0.717, 1.165) is 24.3 Å². The molecule has 1 aliphatic heterocycles. The molecule has 3 heterocycles. The smallest absolute Gasteiger partial charge is 0.317 e. The van der Waals surface area contributed by atoms with Gasteiger partial charge < -0.3 is 19.9 Å². The molecule has 7 heteroatoms. The van der Waals surface area contributed by atoms with Crippen LogP contribution in [0.1, 0.15) is 5.56 Å². The van der Waals surface area contributed by atoms with E-state index in [1.54, 1.807) is 31.8 Å². The van der Waals surface area contributed by atoms with E-state index in [-0.39, 0.29) is 6.03 Å². The zero-order valence-electron chi connectivity index (χ0n) is 13.7. The Morgan fingerprint density at radius 3 is 2.54 bits per heavy atom. The third-order valence-electron chi connectivity index (χ3n) is 4.05. The second kappa shape index (κ2) is 7.63. The van der Waals surface area contributed by atoms with Crippen molar-refractivity contribution in [2.45, 2.75) is 6.54 Å². The van der Waals surface area contributed by atoms with Crippen molar-refractivity contribution in [2.75, 3.05) is 38.2 Å². The van der Waals surface area contributed by atoms with E-state index < -0.39 is 0 Å². The molecule has 0 unspecified atom stereocenters. The molecule has 0 bridgehead atoms. The Balaban J connectivity index is 1.46. The van der Waals surface area contributed by atoms with Gasteiger partial charge in [-0.05, 0) is 17.7 Å². The highest BCUT2D eigenvalue weighted by Crippen LogP contribution is 2.14. The Labute approximate surface area is 141 Å². The molecule has 24 heavy (non-hydrogen) atoms. The zero-order chi connectivity index (χ0) is 16.8. The SMILES string of the molecule is COc1ccc(CNC(=O)N2CCN(c3ccncc3)CC2)cn1. The fourth-order valence-electron chi connectivity index (χ4n) is 2.65. The van der Waals surface area contributed by atoms with Gasteiger partial charge >= 0.3 is 6.03 Å². The van der Waals surface area contributed by atoms with Gasteiger partial charge in [0, 0.05) is 63.1 Å². The molecule has 2 aromatic heterocycles. The van der Waals surface area contributed by atoms with Gasteiger partial charge in [-0.1, -0.05) is 6.07 Å². The highest BCUT2D eigenvalue weighted by atomic mass is 16.5. The standard InChI is InChI=1S/C17H21N5O2/c1-24-16-3-2-14(12-19-16)13-20-17(23)22-10-8-21(9-11-22)15-4-6-18-7-5-15/h2-7,12H,8-11,13H2,1H3,(H,20,23). The first kappa shape index (κ1) is 16.0. The van der Waals surface area contributed by atoms with Crippen LogP contribution in [0, 0.1) is 0 Å². The Bertz CT molecular complexity index is 654. The Kier molecular flexibility index (Phi) is 5.10. The number of urea groups is 1.